The van der Waals surface area contributed by atoms with Crippen LogP contribution in [-0.4, -0.2) is 11.8 Å². The van der Waals surface area contributed by atoms with Crippen LogP contribution in [0.1, 0.15) is 17.9 Å². The summed E-state index contributed by atoms with van der Waals surface area (Å²) >= 11 is 5.83. The Morgan fingerprint density at radius 1 is 0.950 bits per heavy atom. The topological polar surface area (TPSA) is 37.4 Å². The molecule has 0 radical (unpaired) electrons. The molecule has 2 aromatic carbocycles. The largest absolute Gasteiger partial charge is 0.274 e. The van der Waals surface area contributed by atoms with Crippen molar-refractivity contribution in [2.24, 2.45) is 0 Å². The summed E-state index contributed by atoms with van der Waals surface area (Å²) in [4.78, 5) is 25.8. The summed E-state index contributed by atoms with van der Waals surface area (Å²) in [6, 6.07) is 16.1. The molecule has 0 spiro atoms. The predicted octanol–water partition coefficient (Wildman–Crippen LogP) is 3.39. The lowest BCUT2D eigenvalue weighted by Gasteiger charge is -2.15. The lowest BCUT2D eigenvalue weighted by atomic mass is 9.98. The number of halogens is 1. The van der Waals surface area contributed by atoms with Gasteiger partial charge in [0.1, 0.15) is 0 Å². The van der Waals surface area contributed by atoms with Gasteiger partial charge in [0.25, 0.3) is 0 Å². The SMILES string of the molecule is O=C1C[C@@H](c2ccccc2)C(=O)N1c1ccc(Cl)cc1. The number of carbonyl (C=O) groups is 2. The predicted molar refractivity (Wildman–Crippen MR) is 77.7 cm³/mol. The fourth-order valence-corrected chi connectivity index (χ4v) is 2.57. The van der Waals surface area contributed by atoms with Gasteiger partial charge < -0.3 is 0 Å². The van der Waals surface area contributed by atoms with Gasteiger partial charge in [0, 0.05) is 11.4 Å². The van der Waals surface area contributed by atoms with Crippen LogP contribution < -0.4 is 4.90 Å². The van der Waals surface area contributed by atoms with E-state index in [1.165, 1.54) is 4.90 Å². The lowest BCUT2D eigenvalue weighted by molar-refractivity contribution is -0.121. The van der Waals surface area contributed by atoms with Gasteiger partial charge in [-0.3, -0.25) is 14.5 Å². The third-order valence-electron chi connectivity index (χ3n) is 3.43. The second-order valence-electron chi connectivity index (χ2n) is 4.71. The van der Waals surface area contributed by atoms with Crippen molar-refractivity contribution in [3.63, 3.8) is 0 Å². The van der Waals surface area contributed by atoms with Crippen molar-refractivity contribution in [3.05, 3.63) is 65.2 Å². The highest BCUT2D eigenvalue weighted by Gasteiger charge is 2.40. The first kappa shape index (κ1) is 12.9. The molecule has 2 amide bonds. The van der Waals surface area contributed by atoms with Crippen molar-refractivity contribution in [2.45, 2.75) is 12.3 Å². The molecule has 1 aliphatic heterocycles. The van der Waals surface area contributed by atoms with Gasteiger partial charge in [-0.05, 0) is 29.8 Å². The van der Waals surface area contributed by atoms with Crippen LogP contribution in [0.2, 0.25) is 5.02 Å². The first-order valence-electron chi connectivity index (χ1n) is 6.34. The normalized spacial score (nSPS) is 18.6. The molecule has 0 unspecified atom stereocenters. The fraction of sp³-hybridized carbons (Fsp3) is 0.125. The van der Waals surface area contributed by atoms with E-state index >= 15 is 0 Å². The molecule has 3 nitrogen and oxygen atoms in total. The third-order valence-corrected chi connectivity index (χ3v) is 3.69. The minimum atomic E-state index is -0.389. The van der Waals surface area contributed by atoms with Gasteiger partial charge in [0.05, 0.1) is 11.6 Å². The van der Waals surface area contributed by atoms with Crippen LogP contribution in [0, 0.1) is 0 Å². The number of hydrogen-bond acceptors (Lipinski definition) is 2. The Morgan fingerprint density at radius 2 is 1.60 bits per heavy atom. The number of nitrogens with zero attached hydrogens (tertiary/aromatic N) is 1. The molecule has 1 aliphatic rings. The first-order chi connectivity index (χ1) is 9.66. The van der Waals surface area contributed by atoms with Crippen molar-refractivity contribution in [1.29, 1.82) is 0 Å². The van der Waals surface area contributed by atoms with Gasteiger partial charge in [0.2, 0.25) is 11.8 Å². The number of amides is 2. The summed E-state index contributed by atoms with van der Waals surface area (Å²) in [5.41, 5.74) is 1.45. The Morgan fingerprint density at radius 3 is 2.25 bits per heavy atom. The average molecular weight is 286 g/mol. The van der Waals surface area contributed by atoms with E-state index in [1.54, 1.807) is 24.3 Å². The standard InChI is InChI=1S/C16H12ClNO2/c17-12-6-8-13(9-7-12)18-15(19)10-14(16(18)20)11-4-2-1-3-5-11/h1-9,14H,10H2/t14-/m0/s1. The maximum absolute atomic E-state index is 12.5. The van der Waals surface area contributed by atoms with Crippen molar-refractivity contribution >= 4 is 29.1 Å². The Bertz CT molecular complexity index is 652. The molecule has 0 saturated carbocycles. The van der Waals surface area contributed by atoms with Crippen molar-refractivity contribution in [1.82, 2.24) is 0 Å². The van der Waals surface area contributed by atoms with Crippen molar-refractivity contribution in [3.8, 4) is 0 Å². The molecular weight excluding hydrogens is 274 g/mol. The van der Waals surface area contributed by atoms with E-state index in [2.05, 4.69) is 0 Å². The maximum atomic E-state index is 12.5. The molecule has 0 aromatic heterocycles. The zero-order valence-electron chi connectivity index (χ0n) is 10.6. The highest BCUT2D eigenvalue weighted by molar-refractivity contribution is 6.30. The quantitative estimate of drug-likeness (QED) is 0.793. The maximum Gasteiger partial charge on any atom is 0.241 e. The molecular formula is C16H12ClNO2. The number of anilines is 1. The van der Waals surface area contributed by atoms with Gasteiger partial charge in [-0.25, -0.2) is 0 Å². The van der Waals surface area contributed by atoms with E-state index < -0.39 is 0 Å². The summed E-state index contributed by atoms with van der Waals surface area (Å²) in [7, 11) is 0. The van der Waals surface area contributed by atoms with E-state index in [1.807, 2.05) is 30.3 Å². The second-order valence-corrected chi connectivity index (χ2v) is 5.15. The summed E-state index contributed by atoms with van der Waals surface area (Å²) in [6.07, 6.45) is 0.214. The molecule has 20 heavy (non-hydrogen) atoms. The molecule has 1 saturated heterocycles. The smallest absolute Gasteiger partial charge is 0.241 e. The van der Waals surface area contributed by atoms with Gasteiger partial charge in [-0.2, -0.15) is 0 Å². The van der Waals surface area contributed by atoms with E-state index in [-0.39, 0.29) is 24.2 Å². The van der Waals surface area contributed by atoms with Crippen LogP contribution in [0.5, 0.6) is 0 Å². The summed E-state index contributed by atoms with van der Waals surface area (Å²) in [5.74, 6) is -0.742. The number of carbonyl (C=O) groups excluding carboxylic acids is 2. The van der Waals surface area contributed by atoms with Crippen molar-refractivity contribution < 1.29 is 9.59 Å². The number of benzene rings is 2. The van der Waals surface area contributed by atoms with E-state index in [4.69, 9.17) is 11.6 Å². The lowest BCUT2D eigenvalue weighted by Crippen LogP contribution is -2.29. The Hall–Kier alpha value is -2.13. The van der Waals surface area contributed by atoms with Crippen molar-refractivity contribution in [2.75, 3.05) is 4.90 Å². The third kappa shape index (κ3) is 2.21. The summed E-state index contributed by atoms with van der Waals surface area (Å²) in [6.45, 7) is 0. The number of rotatable bonds is 2. The highest BCUT2D eigenvalue weighted by atomic mass is 35.5. The van der Waals surface area contributed by atoms with Crippen LogP contribution >= 0.6 is 11.6 Å². The minimum Gasteiger partial charge on any atom is -0.274 e. The summed E-state index contributed by atoms with van der Waals surface area (Å²) < 4.78 is 0. The molecule has 0 bridgehead atoms. The zero-order chi connectivity index (χ0) is 14.1. The molecule has 0 aliphatic carbocycles. The zero-order valence-corrected chi connectivity index (χ0v) is 11.4. The molecule has 100 valence electrons. The number of imide groups is 1. The van der Waals surface area contributed by atoms with Crippen LogP contribution in [0.15, 0.2) is 54.6 Å². The monoisotopic (exact) mass is 285 g/mol. The summed E-state index contributed by atoms with van der Waals surface area (Å²) in [5, 5.41) is 0.576. The Labute approximate surface area is 121 Å². The number of hydrogen-bond donors (Lipinski definition) is 0. The molecule has 0 N–H and O–H groups in total. The van der Waals surface area contributed by atoms with E-state index in [0.29, 0.717) is 10.7 Å². The van der Waals surface area contributed by atoms with Gasteiger partial charge >= 0.3 is 0 Å². The van der Waals surface area contributed by atoms with Gasteiger partial charge in [-0.1, -0.05) is 41.9 Å². The Kier molecular flexibility index (Phi) is 3.28. The van der Waals surface area contributed by atoms with Crippen LogP contribution in [0.3, 0.4) is 0 Å². The highest BCUT2D eigenvalue weighted by Crippen LogP contribution is 2.33. The van der Waals surface area contributed by atoms with Gasteiger partial charge in [-0.15, -0.1) is 0 Å². The van der Waals surface area contributed by atoms with E-state index in [0.717, 1.165) is 5.56 Å². The molecule has 2 aromatic rings. The molecule has 1 fully saturated rings. The minimum absolute atomic E-state index is 0.175. The van der Waals surface area contributed by atoms with E-state index in [9.17, 15) is 9.59 Å². The van der Waals surface area contributed by atoms with Crippen LogP contribution in [0.25, 0.3) is 0 Å². The fourth-order valence-electron chi connectivity index (χ4n) is 2.44. The second kappa shape index (κ2) is 5.10. The van der Waals surface area contributed by atoms with Crippen LogP contribution in [0.4, 0.5) is 5.69 Å². The molecule has 4 heteroatoms. The van der Waals surface area contributed by atoms with Gasteiger partial charge in [0.15, 0.2) is 0 Å². The van der Waals surface area contributed by atoms with Crippen LogP contribution in [-0.2, 0) is 9.59 Å². The molecule has 1 atom stereocenters. The first-order valence-corrected chi connectivity index (χ1v) is 6.72. The average Bonchev–Trinajstić information content (AvgIpc) is 2.76. The Balaban J connectivity index is 1.93. The molecule has 1 heterocycles. The molecule has 3 rings (SSSR count).